The normalized spacial score (nSPS) is 13.4. The summed E-state index contributed by atoms with van der Waals surface area (Å²) in [5, 5.41) is 5.01. The van der Waals surface area contributed by atoms with E-state index in [1.165, 1.54) is 16.8 Å². The van der Waals surface area contributed by atoms with Crippen LogP contribution < -0.4 is 4.90 Å². The van der Waals surface area contributed by atoms with E-state index >= 15 is 0 Å². The van der Waals surface area contributed by atoms with E-state index in [-0.39, 0.29) is 5.41 Å². The highest BCUT2D eigenvalue weighted by Gasteiger charge is 2.37. The molecule has 0 N–H and O–H groups in total. The maximum absolute atomic E-state index is 5.01. The lowest BCUT2D eigenvalue weighted by Gasteiger charge is -2.42. The molecule has 218 valence electrons. The Labute approximate surface area is 263 Å². The van der Waals surface area contributed by atoms with Crippen molar-refractivity contribution in [2.45, 2.75) is 19.3 Å². The maximum Gasteiger partial charge on any atom is 0.139 e. The van der Waals surface area contributed by atoms with Crippen molar-refractivity contribution in [2.75, 3.05) is 4.90 Å². The van der Waals surface area contributed by atoms with Crippen LogP contribution in [-0.4, -0.2) is 19.3 Å². The van der Waals surface area contributed by atoms with Gasteiger partial charge in [-0.1, -0.05) is 111 Å². The van der Waals surface area contributed by atoms with Crippen LogP contribution in [0.2, 0.25) is 0 Å². The third-order valence-corrected chi connectivity index (χ3v) is 9.04. The monoisotopic (exact) mass is 583 g/mol. The number of rotatable bonds is 5. The van der Waals surface area contributed by atoms with Crippen LogP contribution in [0.15, 0.2) is 146 Å². The molecular weight excluding hydrogens is 550 g/mol. The highest BCUT2D eigenvalue weighted by Crippen LogP contribution is 2.52. The first kappa shape index (κ1) is 26.9. The number of aryl methyl sites for hydroxylation is 1. The van der Waals surface area contributed by atoms with Crippen LogP contribution in [-0.2, 0) is 12.5 Å². The Balaban J connectivity index is 1.35. The lowest BCUT2D eigenvalue weighted by Crippen LogP contribution is -2.30. The van der Waals surface area contributed by atoms with Crippen molar-refractivity contribution in [2.24, 2.45) is 7.05 Å². The summed E-state index contributed by atoms with van der Waals surface area (Å²) >= 11 is 0. The second-order valence-corrected chi connectivity index (χ2v) is 12.1. The van der Waals surface area contributed by atoms with E-state index in [2.05, 4.69) is 160 Å². The van der Waals surface area contributed by atoms with Crippen LogP contribution >= 0.6 is 0 Å². The average Bonchev–Trinajstić information content (AvgIpc) is 3.72. The summed E-state index contributed by atoms with van der Waals surface area (Å²) in [6, 6.07) is 45.3. The average molecular weight is 584 g/mol. The summed E-state index contributed by atoms with van der Waals surface area (Å²) in [5.74, 6) is 0.939. The third kappa shape index (κ3) is 4.39. The molecule has 8 rings (SSSR count). The number of benzene rings is 5. The molecule has 5 nitrogen and oxygen atoms in total. The number of hydrogen-bond donors (Lipinski definition) is 0. The van der Waals surface area contributed by atoms with Crippen LogP contribution in [0.25, 0.3) is 39.5 Å². The molecule has 0 saturated heterocycles. The predicted molar refractivity (Wildman–Crippen MR) is 183 cm³/mol. The van der Waals surface area contributed by atoms with Crippen molar-refractivity contribution in [3.05, 3.63) is 157 Å². The van der Waals surface area contributed by atoms with E-state index in [1.807, 2.05) is 25.6 Å². The Morgan fingerprint density at radius 2 is 1.29 bits per heavy atom. The van der Waals surface area contributed by atoms with Crippen molar-refractivity contribution in [1.82, 2.24) is 19.3 Å². The van der Waals surface area contributed by atoms with Gasteiger partial charge in [0.25, 0.3) is 0 Å². The Morgan fingerprint density at radius 3 is 2.04 bits per heavy atom. The van der Waals surface area contributed by atoms with Crippen LogP contribution in [0.4, 0.5) is 17.1 Å². The fraction of sp³-hybridized carbons (Fsp3) is 0.100. The highest BCUT2D eigenvalue weighted by atomic mass is 15.3. The molecule has 1 aliphatic rings. The number of anilines is 3. The molecule has 7 aromatic rings. The number of hydrogen-bond acceptors (Lipinski definition) is 3. The number of nitrogens with zero attached hydrogens (tertiary/aromatic N) is 5. The molecule has 0 amide bonds. The summed E-state index contributed by atoms with van der Waals surface area (Å²) in [6.07, 6.45) is 5.82. The summed E-state index contributed by atoms with van der Waals surface area (Å²) < 4.78 is 4.15. The predicted octanol–water partition coefficient (Wildman–Crippen LogP) is 9.72. The molecule has 3 heterocycles. The van der Waals surface area contributed by atoms with Crippen LogP contribution in [0.3, 0.4) is 0 Å². The number of imidazole rings is 1. The summed E-state index contributed by atoms with van der Waals surface area (Å²) in [4.78, 5) is 7.03. The quantitative estimate of drug-likeness (QED) is 0.202. The zero-order valence-electron chi connectivity index (χ0n) is 25.6. The smallest absolute Gasteiger partial charge is 0.139 e. The third-order valence-electron chi connectivity index (χ3n) is 9.04. The Bertz CT molecular complexity index is 2150. The zero-order valence-corrected chi connectivity index (χ0v) is 25.6. The Kier molecular flexibility index (Phi) is 6.27. The largest absolute Gasteiger partial charge is 0.334 e. The van der Waals surface area contributed by atoms with Gasteiger partial charge in [-0.2, -0.15) is 5.10 Å². The minimum Gasteiger partial charge on any atom is -0.334 e. The van der Waals surface area contributed by atoms with Gasteiger partial charge in [0.15, 0.2) is 0 Å². The molecule has 0 atom stereocenters. The first-order valence-corrected chi connectivity index (χ1v) is 15.3. The summed E-state index contributed by atoms with van der Waals surface area (Å²) in [6.45, 7) is 4.64. The molecule has 1 aliphatic heterocycles. The van der Waals surface area contributed by atoms with Crippen molar-refractivity contribution in [3.8, 4) is 39.5 Å². The second-order valence-electron chi connectivity index (χ2n) is 12.1. The van der Waals surface area contributed by atoms with Gasteiger partial charge in [0, 0.05) is 47.2 Å². The first-order valence-electron chi connectivity index (χ1n) is 15.3. The summed E-state index contributed by atoms with van der Waals surface area (Å²) in [7, 11) is 2.04. The van der Waals surface area contributed by atoms with E-state index < -0.39 is 0 Å². The van der Waals surface area contributed by atoms with Gasteiger partial charge < -0.3 is 9.47 Å². The SMILES string of the molecule is Cn1ccnc1-c1cccc(N2c3ccccc3C(C)(C)c3ccc(-n4ncc(-c5ccccc5)c4-c4ccccc4)cc32)c1. The van der Waals surface area contributed by atoms with Gasteiger partial charge in [-0.15, -0.1) is 0 Å². The van der Waals surface area contributed by atoms with E-state index in [4.69, 9.17) is 5.10 Å². The van der Waals surface area contributed by atoms with E-state index in [1.54, 1.807) is 0 Å². The minimum atomic E-state index is -0.195. The van der Waals surface area contributed by atoms with Gasteiger partial charge in [0.2, 0.25) is 0 Å². The molecule has 2 aromatic heterocycles. The number of fused-ring (bicyclic) bond motifs is 2. The molecule has 0 bridgehead atoms. The lowest BCUT2D eigenvalue weighted by molar-refractivity contribution is 0.631. The molecule has 0 spiro atoms. The van der Waals surface area contributed by atoms with Gasteiger partial charge >= 0.3 is 0 Å². The number of aromatic nitrogens is 4. The van der Waals surface area contributed by atoms with Gasteiger partial charge in [-0.3, -0.25) is 0 Å². The second kappa shape index (κ2) is 10.5. The Hall–Kier alpha value is -5.68. The van der Waals surface area contributed by atoms with E-state index in [0.29, 0.717) is 0 Å². The summed E-state index contributed by atoms with van der Waals surface area (Å²) in [5.41, 5.74) is 12.3. The van der Waals surface area contributed by atoms with Gasteiger partial charge in [-0.25, -0.2) is 9.67 Å². The van der Waals surface area contributed by atoms with Crippen molar-refractivity contribution >= 4 is 17.1 Å². The highest BCUT2D eigenvalue weighted by molar-refractivity contribution is 5.88. The topological polar surface area (TPSA) is 38.9 Å². The molecule has 0 saturated carbocycles. The van der Waals surface area contributed by atoms with Gasteiger partial charge in [0.1, 0.15) is 5.82 Å². The van der Waals surface area contributed by atoms with Crippen LogP contribution in [0, 0.1) is 0 Å². The number of para-hydroxylation sites is 1. The molecule has 5 aromatic carbocycles. The first-order chi connectivity index (χ1) is 22.0. The van der Waals surface area contributed by atoms with Gasteiger partial charge in [0.05, 0.1) is 29.0 Å². The minimum absolute atomic E-state index is 0.195. The van der Waals surface area contributed by atoms with E-state index in [0.717, 1.165) is 50.8 Å². The zero-order chi connectivity index (χ0) is 30.5. The molecular formula is C40H33N5. The molecule has 0 fully saturated rings. The van der Waals surface area contributed by atoms with Crippen molar-refractivity contribution in [1.29, 1.82) is 0 Å². The van der Waals surface area contributed by atoms with E-state index in [9.17, 15) is 0 Å². The molecule has 5 heteroatoms. The fourth-order valence-corrected chi connectivity index (χ4v) is 6.79. The molecule has 0 radical (unpaired) electrons. The maximum atomic E-state index is 5.01. The fourth-order valence-electron chi connectivity index (χ4n) is 6.79. The lowest BCUT2D eigenvalue weighted by atomic mass is 9.73. The standard InChI is InChI=1S/C40H33N5/c1-40(2)34-19-10-11-20-36(34)44(31-18-12-17-30(25-31)39-41-23-24-43(39)3)37-26-32(21-22-35(37)40)45-38(29-15-8-5-9-16-29)33(27-42-45)28-13-6-4-7-14-28/h4-27H,1-3H3. The van der Waals surface area contributed by atoms with Crippen LogP contribution in [0.5, 0.6) is 0 Å². The molecule has 0 aliphatic carbocycles. The van der Waals surface area contributed by atoms with Crippen molar-refractivity contribution in [3.63, 3.8) is 0 Å². The Morgan fingerprint density at radius 1 is 0.600 bits per heavy atom. The van der Waals surface area contributed by atoms with Crippen LogP contribution in [0.1, 0.15) is 25.0 Å². The molecule has 45 heavy (non-hydrogen) atoms. The molecule has 0 unspecified atom stereocenters. The van der Waals surface area contributed by atoms with Crippen molar-refractivity contribution < 1.29 is 0 Å². The van der Waals surface area contributed by atoms with Gasteiger partial charge in [-0.05, 0) is 47.0 Å².